The molecule has 1 heterocycles. The highest BCUT2D eigenvalue weighted by Crippen LogP contribution is 2.28. The molecule has 1 unspecified atom stereocenters. The molecule has 0 saturated carbocycles. The first-order chi connectivity index (χ1) is 8.04. The van der Waals surface area contributed by atoms with Crippen molar-refractivity contribution in [1.82, 2.24) is 5.32 Å². The average molecular weight is 237 g/mol. The summed E-state index contributed by atoms with van der Waals surface area (Å²) in [7, 11) is 0. The van der Waals surface area contributed by atoms with Gasteiger partial charge in [-0.3, -0.25) is 0 Å². The van der Waals surface area contributed by atoms with Crippen LogP contribution in [-0.2, 0) is 5.60 Å². The minimum atomic E-state index is -1.14. The molecule has 17 heavy (non-hydrogen) atoms. The van der Waals surface area contributed by atoms with Gasteiger partial charge in [-0.15, -0.1) is 0 Å². The lowest BCUT2D eigenvalue weighted by Gasteiger charge is -2.20. The van der Waals surface area contributed by atoms with Gasteiger partial charge in [-0.2, -0.15) is 0 Å². The van der Waals surface area contributed by atoms with Crippen molar-refractivity contribution < 1.29 is 13.9 Å². The maximum Gasteiger partial charge on any atom is 0.170 e. The molecule has 2 N–H and O–H groups in total. The van der Waals surface area contributed by atoms with Gasteiger partial charge < -0.3 is 14.8 Å². The fourth-order valence-corrected chi connectivity index (χ4v) is 1.75. The Balaban J connectivity index is 2.39. The number of fused-ring (bicyclic) bond motifs is 1. The zero-order valence-electron chi connectivity index (χ0n) is 9.96. The van der Waals surface area contributed by atoms with Crippen LogP contribution in [0.5, 0.6) is 0 Å². The van der Waals surface area contributed by atoms with Gasteiger partial charge in [0.05, 0.1) is 0 Å². The van der Waals surface area contributed by atoms with Gasteiger partial charge in [-0.25, -0.2) is 4.39 Å². The summed E-state index contributed by atoms with van der Waals surface area (Å²) >= 11 is 0. The predicted molar refractivity (Wildman–Crippen MR) is 64.3 cm³/mol. The lowest BCUT2D eigenvalue weighted by atomic mass is 10.0. The summed E-state index contributed by atoms with van der Waals surface area (Å²) in [5.41, 5.74) is -0.944. The highest BCUT2D eigenvalue weighted by Gasteiger charge is 2.27. The molecule has 92 valence electrons. The number of likely N-dealkylation sites (N-methyl/N-ethyl adjacent to an activating group) is 1. The van der Waals surface area contributed by atoms with E-state index in [0.717, 1.165) is 6.54 Å². The van der Waals surface area contributed by atoms with E-state index in [1.54, 1.807) is 25.1 Å². The molecule has 0 bridgehead atoms. The van der Waals surface area contributed by atoms with E-state index >= 15 is 0 Å². The Morgan fingerprint density at radius 2 is 2.24 bits per heavy atom. The van der Waals surface area contributed by atoms with Crippen LogP contribution in [0, 0.1) is 5.82 Å². The smallest absolute Gasteiger partial charge is 0.170 e. The number of furan rings is 1. The van der Waals surface area contributed by atoms with Gasteiger partial charge in [-0.05, 0) is 25.6 Å². The number of hydrogen-bond donors (Lipinski definition) is 2. The molecular formula is C13H16FNO2. The van der Waals surface area contributed by atoms with Gasteiger partial charge in [0.1, 0.15) is 11.4 Å². The van der Waals surface area contributed by atoms with Crippen LogP contribution >= 0.6 is 0 Å². The number of halogens is 1. The Hall–Kier alpha value is -1.39. The van der Waals surface area contributed by atoms with Crippen molar-refractivity contribution in [1.29, 1.82) is 0 Å². The molecule has 2 aromatic rings. The van der Waals surface area contributed by atoms with Crippen LogP contribution in [-0.4, -0.2) is 18.2 Å². The molecule has 0 spiro atoms. The SMILES string of the molecule is CCNCC(C)(O)c1cc2cccc(F)c2o1. The lowest BCUT2D eigenvalue weighted by molar-refractivity contribution is 0.0363. The van der Waals surface area contributed by atoms with Crippen LogP contribution in [0.25, 0.3) is 11.0 Å². The van der Waals surface area contributed by atoms with E-state index in [2.05, 4.69) is 5.32 Å². The molecule has 2 rings (SSSR count). The normalized spacial score (nSPS) is 15.1. The van der Waals surface area contributed by atoms with Crippen molar-refractivity contribution in [3.8, 4) is 0 Å². The fourth-order valence-electron chi connectivity index (χ4n) is 1.75. The number of rotatable bonds is 4. The number of para-hydroxylation sites is 1. The molecule has 0 saturated heterocycles. The highest BCUT2D eigenvalue weighted by atomic mass is 19.1. The van der Waals surface area contributed by atoms with Gasteiger partial charge in [0.2, 0.25) is 0 Å². The Labute approximate surface area is 99.2 Å². The van der Waals surface area contributed by atoms with Gasteiger partial charge in [-0.1, -0.05) is 19.1 Å². The number of benzene rings is 1. The second kappa shape index (κ2) is 4.47. The molecule has 0 fully saturated rings. The van der Waals surface area contributed by atoms with Gasteiger partial charge in [0.25, 0.3) is 0 Å². The summed E-state index contributed by atoms with van der Waals surface area (Å²) in [6.45, 7) is 4.72. The number of nitrogens with one attached hydrogen (secondary N) is 1. The van der Waals surface area contributed by atoms with Crippen LogP contribution in [0.15, 0.2) is 28.7 Å². The second-order valence-corrected chi connectivity index (χ2v) is 4.32. The molecule has 1 atom stereocenters. The largest absolute Gasteiger partial charge is 0.455 e. The number of hydrogen-bond acceptors (Lipinski definition) is 3. The summed E-state index contributed by atoms with van der Waals surface area (Å²) in [4.78, 5) is 0. The molecule has 0 aliphatic carbocycles. The first kappa shape index (κ1) is 12.1. The third kappa shape index (κ3) is 2.33. The van der Waals surface area contributed by atoms with Gasteiger partial charge in [0.15, 0.2) is 11.4 Å². The summed E-state index contributed by atoms with van der Waals surface area (Å²) in [6.07, 6.45) is 0. The Morgan fingerprint density at radius 3 is 2.88 bits per heavy atom. The van der Waals surface area contributed by atoms with Gasteiger partial charge >= 0.3 is 0 Å². The minimum Gasteiger partial charge on any atom is -0.455 e. The van der Waals surface area contributed by atoms with Crippen molar-refractivity contribution in [3.63, 3.8) is 0 Å². The maximum atomic E-state index is 13.4. The van der Waals surface area contributed by atoms with Crippen LogP contribution in [0.2, 0.25) is 0 Å². The van der Waals surface area contributed by atoms with E-state index in [4.69, 9.17) is 4.42 Å². The monoisotopic (exact) mass is 237 g/mol. The predicted octanol–water partition coefficient (Wildman–Crippen LogP) is 2.39. The summed E-state index contributed by atoms with van der Waals surface area (Å²) in [5, 5.41) is 13.9. The molecule has 1 aromatic heterocycles. The molecule has 0 radical (unpaired) electrons. The van der Waals surface area contributed by atoms with Crippen LogP contribution in [0.3, 0.4) is 0 Å². The van der Waals surface area contributed by atoms with Crippen LogP contribution < -0.4 is 5.32 Å². The summed E-state index contributed by atoms with van der Waals surface area (Å²) in [6, 6.07) is 6.40. The van der Waals surface area contributed by atoms with Crippen molar-refractivity contribution >= 4 is 11.0 Å². The van der Waals surface area contributed by atoms with E-state index in [1.165, 1.54) is 6.07 Å². The summed E-state index contributed by atoms with van der Waals surface area (Å²) < 4.78 is 18.8. The third-order valence-corrected chi connectivity index (χ3v) is 2.75. The molecular weight excluding hydrogens is 221 g/mol. The van der Waals surface area contributed by atoms with Crippen LogP contribution in [0.1, 0.15) is 19.6 Å². The van der Waals surface area contributed by atoms with E-state index in [9.17, 15) is 9.50 Å². The molecule has 4 heteroatoms. The van der Waals surface area contributed by atoms with Crippen molar-refractivity contribution in [3.05, 3.63) is 35.8 Å². The Bertz CT molecular complexity index is 519. The highest BCUT2D eigenvalue weighted by molar-refractivity contribution is 5.78. The maximum absolute atomic E-state index is 13.4. The van der Waals surface area contributed by atoms with E-state index in [0.29, 0.717) is 17.7 Å². The average Bonchev–Trinajstić information content (AvgIpc) is 2.72. The van der Waals surface area contributed by atoms with Crippen LogP contribution in [0.4, 0.5) is 4.39 Å². The standard InChI is InChI=1S/C13H16FNO2/c1-3-15-8-13(2,16)11-7-9-5-4-6-10(14)12(9)17-11/h4-7,15-16H,3,8H2,1-2H3. The first-order valence-corrected chi connectivity index (χ1v) is 5.66. The topological polar surface area (TPSA) is 45.4 Å². The molecule has 0 aliphatic rings. The second-order valence-electron chi connectivity index (χ2n) is 4.32. The Kier molecular flexibility index (Phi) is 3.17. The first-order valence-electron chi connectivity index (χ1n) is 5.66. The third-order valence-electron chi connectivity index (χ3n) is 2.75. The summed E-state index contributed by atoms with van der Waals surface area (Å²) in [5.74, 6) is -0.0356. The van der Waals surface area contributed by atoms with Crippen molar-refractivity contribution in [2.45, 2.75) is 19.4 Å². The zero-order chi connectivity index (χ0) is 12.5. The van der Waals surface area contributed by atoms with E-state index in [1.807, 2.05) is 6.92 Å². The molecule has 1 aromatic carbocycles. The van der Waals surface area contributed by atoms with E-state index in [-0.39, 0.29) is 5.58 Å². The number of aliphatic hydroxyl groups is 1. The zero-order valence-corrected chi connectivity index (χ0v) is 9.96. The van der Waals surface area contributed by atoms with Crippen molar-refractivity contribution in [2.24, 2.45) is 0 Å². The molecule has 0 amide bonds. The van der Waals surface area contributed by atoms with Crippen molar-refractivity contribution in [2.75, 3.05) is 13.1 Å². The lowest BCUT2D eigenvalue weighted by Crippen LogP contribution is -2.34. The quantitative estimate of drug-likeness (QED) is 0.858. The minimum absolute atomic E-state index is 0.194. The molecule has 3 nitrogen and oxygen atoms in total. The Morgan fingerprint density at radius 1 is 1.47 bits per heavy atom. The van der Waals surface area contributed by atoms with Gasteiger partial charge in [0, 0.05) is 11.9 Å². The molecule has 0 aliphatic heterocycles. The fraction of sp³-hybridized carbons (Fsp3) is 0.385. The van der Waals surface area contributed by atoms with E-state index < -0.39 is 11.4 Å².